The van der Waals surface area contributed by atoms with E-state index in [9.17, 15) is 14.4 Å². The Kier molecular flexibility index (Phi) is 5.86. The standard InChI is InChI=1S/C21H23N3O3/c1-15-5-2-6-16(13-15)20(26)22-10-11-23-21(27)17-7-3-8-18(14-17)24-12-4-9-19(24)25/h2-3,5-8,13-14H,4,9-12H2,1H3,(H,22,26)(H,23,27). The second-order valence-corrected chi connectivity index (χ2v) is 6.58. The first-order valence-corrected chi connectivity index (χ1v) is 9.08. The third kappa shape index (κ3) is 4.73. The van der Waals surface area contributed by atoms with Crippen molar-refractivity contribution in [2.75, 3.05) is 24.5 Å². The van der Waals surface area contributed by atoms with Crippen LogP contribution in [0.3, 0.4) is 0 Å². The van der Waals surface area contributed by atoms with Crippen molar-refractivity contribution in [3.63, 3.8) is 0 Å². The molecule has 0 aliphatic carbocycles. The van der Waals surface area contributed by atoms with Gasteiger partial charge >= 0.3 is 0 Å². The highest BCUT2D eigenvalue weighted by molar-refractivity contribution is 5.99. The molecule has 1 aliphatic rings. The van der Waals surface area contributed by atoms with Crippen molar-refractivity contribution >= 4 is 23.4 Å². The summed E-state index contributed by atoms with van der Waals surface area (Å²) in [6, 6.07) is 14.4. The van der Waals surface area contributed by atoms with E-state index >= 15 is 0 Å². The summed E-state index contributed by atoms with van der Waals surface area (Å²) in [5.74, 6) is -0.304. The molecule has 2 aromatic rings. The van der Waals surface area contributed by atoms with E-state index in [1.54, 1.807) is 29.2 Å². The van der Waals surface area contributed by atoms with Crippen molar-refractivity contribution in [3.8, 4) is 0 Å². The number of hydrogen-bond donors (Lipinski definition) is 2. The second kappa shape index (κ2) is 8.49. The average molecular weight is 365 g/mol. The first kappa shape index (κ1) is 18.6. The van der Waals surface area contributed by atoms with Gasteiger partial charge in [-0.15, -0.1) is 0 Å². The number of benzene rings is 2. The Labute approximate surface area is 158 Å². The summed E-state index contributed by atoms with van der Waals surface area (Å²) in [4.78, 5) is 38.0. The molecule has 1 saturated heterocycles. The number of rotatable bonds is 6. The van der Waals surface area contributed by atoms with Gasteiger partial charge < -0.3 is 15.5 Å². The predicted octanol–water partition coefficient (Wildman–Crippen LogP) is 2.28. The summed E-state index contributed by atoms with van der Waals surface area (Å²) < 4.78 is 0. The maximum atomic E-state index is 12.3. The molecule has 27 heavy (non-hydrogen) atoms. The summed E-state index contributed by atoms with van der Waals surface area (Å²) in [6.45, 7) is 3.28. The molecule has 1 fully saturated rings. The van der Waals surface area contributed by atoms with E-state index in [1.165, 1.54) is 0 Å². The van der Waals surface area contributed by atoms with Gasteiger partial charge in [0.2, 0.25) is 5.91 Å². The number of carbonyl (C=O) groups is 3. The number of nitrogens with one attached hydrogen (secondary N) is 2. The van der Waals surface area contributed by atoms with E-state index in [0.717, 1.165) is 17.7 Å². The maximum absolute atomic E-state index is 12.3. The number of amides is 3. The maximum Gasteiger partial charge on any atom is 0.251 e. The molecule has 1 heterocycles. The molecule has 3 amide bonds. The Morgan fingerprint density at radius 2 is 1.59 bits per heavy atom. The molecule has 140 valence electrons. The zero-order valence-corrected chi connectivity index (χ0v) is 15.3. The van der Waals surface area contributed by atoms with Crippen molar-refractivity contribution < 1.29 is 14.4 Å². The molecule has 1 aliphatic heterocycles. The number of carbonyl (C=O) groups excluding carboxylic acids is 3. The van der Waals surface area contributed by atoms with Crippen LogP contribution < -0.4 is 15.5 Å². The molecular weight excluding hydrogens is 342 g/mol. The summed E-state index contributed by atoms with van der Waals surface area (Å²) >= 11 is 0. The number of anilines is 1. The molecule has 0 atom stereocenters. The monoisotopic (exact) mass is 365 g/mol. The summed E-state index contributed by atoms with van der Waals surface area (Å²) in [5, 5.41) is 5.58. The molecule has 0 saturated carbocycles. The molecular formula is C21H23N3O3. The quantitative estimate of drug-likeness (QED) is 0.771. The second-order valence-electron chi connectivity index (χ2n) is 6.58. The van der Waals surface area contributed by atoms with Gasteiger partial charge in [-0.2, -0.15) is 0 Å². The third-order valence-corrected chi connectivity index (χ3v) is 4.47. The van der Waals surface area contributed by atoms with E-state index in [2.05, 4.69) is 10.6 Å². The normalized spacial score (nSPS) is 13.5. The molecule has 0 radical (unpaired) electrons. The van der Waals surface area contributed by atoms with Gasteiger partial charge in [-0.1, -0.05) is 23.8 Å². The van der Waals surface area contributed by atoms with E-state index in [-0.39, 0.29) is 17.7 Å². The Morgan fingerprint density at radius 3 is 2.19 bits per heavy atom. The van der Waals surface area contributed by atoms with Crippen molar-refractivity contribution in [1.29, 1.82) is 0 Å². The van der Waals surface area contributed by atoms with Gasteiger partial charge in [0.1, 0.15) is 0 Å². The van der Waals surface area contributed by atoms with Gasteiger partial charge in [0.05, 0.1) is 0 Å². The SMILES string of the molecule is Cc1cccc(C(=O)NCCNC(=O)c2cccc(N3CCCC3=O)c2)c1. The molecule has 2 aromatic carbocycles. The molecule has 2 N–H and O–H groups in total. The number of nitrogens with zero attached hydrogens (tertiary/aromatic N) is 1. The fourth-order valence-corrected chi connectivity index (χ4v) is 3.08. The highest BCUT2D eigenvalue weighted by atomic mass is 16.2. The van der Waals surface area contributed by atoms with Crippen LogP contribution in [0.15, 0.2) is 48.5 Å². The summed E-state index contributed by atoms with van der Waals surface area (Å²) in [5.41, 5.74) is 2.87. The van der Waals surface area contributed by atoms with Crippen LogP contribution in [0.4, 0.5) is 5.69 Å². The Morgan fingerprint density at radius 1 is 0.963 bits per heavy atom. The van der Waals surface area contributed by atoms with Crippen LogP contribution in [0, 0.1) is 6.92 Å². The van der Waals surface area contributed by atoms with E-state index < -0.39 is 0 Å². The summed E-state index contributed by atoms with van der Waals surface area (Å²) in [6.07, 6.45) is 1.40. The van der Waals surface area contributed by atoms with Gasteiger partial charge in [0.25, 0.3) is 11.8 Å². The molecule has 0 unspecified atom stereocenters. The minimum absolute atomic E-state index is 0.0893. The fourth-order valence-electron chi connectivity index (χ4n) is 3.08. The molecule has 6 heteroatoms. The van der Waals surface area contributed by atoms with Crippen LogP contribution >= 0.6 is 0 Å². The van der Waals surface area contributed by atoms with Gasteiger partial charge in [-0.25, -0.2) is 0 Å². The molecule has 3 rings (SSSR count). The van der Waals surface area contributed by atoms with Crippen LogP contribution in [0.1, 0.15) is 39.1 Å². The summed E-state index contributed by atoms with van der Waals surface area (Å²) in [7, 11) is 0. The van der Waals surface area contributed by atoms with Crippen molar-refractivity contribution in [1.82, 2.24) is 10.6 Å². The highest BCUT2D eigenvalue weighted by Gasteiger charge is 2.22. The Bertz CT molecular complexity index is 863. The van der Waals surface area contributed by atoms with Crippen LogP contribution in [0.25, 0.3) is 0 Å². The third-order valence-electron chi connectivity index (χ3n) is 4.47. The van der Waals surface area contributed by atoms with Crippen LogP contribution in [-0.4, -0.2) is 37.4 Å². The number of hydrogen-bond acceptors (Lipinski definition) is 3. The van der Waals surface area contributed by atoms with Crippen LogP contribution in [0.2, 0.25) is 0 Å². The van der Waals surface area contributed by atoms with E-state index in [0.29, 0.717) is 37.2 Å². The van der Waals surface area contributed by atoms with Crippen LogP contribution in [-0.2, 0) is 4.79 Å². The average Bonchev–Trinajstić information content (AvgIpc) is 3.11. The lowest BCUT2D eigenvalue weighted by Gasteiger charge is -2.16. The Balaban J connectivity index is 1.49. The lowest BCUT2D eigenvalue weighted by molar-refractivity contribution is -0.117. The van der Waals surface area contributed by atoms with Gasteiger partial charge in [-0.05, 0) is 43.7 Å². The topological polar surface area (TPSA) is 78.5 Å². The van der Waals surface area contributed by atoms with Crippen molar-refractivity contribution in [3.05, 3.63) is 65.2 Å². The highest BCUT2D eigenvalue weighted by Crippen LogP contribution is 2.22. The first-order chi connectivity index (χ1) is 13.0. The zero-order chi connectivity index (χ0) is 19.2. The fraction of sp³-hybridized carbons (Fsp3) is 0.286. The molecule has 0 bridgehead atoms. The lowest BCUT2D eigenvalue weighted by atomic mass is 10.1. The smallest absolute Gasteiger partial charge is 0.251 e. The zero-order valence-electron chi connectivity index (χ0n) is 15.3. The van der Waals surface area contributed by atoms with Crippen molar-refractivity contribution in [2.45, 2.75) is 19.8 Å². The van der Waals surface area contributed by atoms with Crippen molar-refractivity contribution in [2.24, 2.45) is 0 Å². The Hall–Kier alpha value is -3.15. The first-order valence-electron chi connectivity index (χ1n) is 9.08. The minimum Gasteiger partial charge on any atom is -0.350 e. The van der Waals surface area contributed by atoms with E-state index in [4.69, 9.17) is 0 Å². The van der Waals surface area contributed by atoms with Gasteiger partial charge in [0, 0.05) is 42.9 Å². The minimum atomic E-state index is -0.228. The van der Waals surface area contributed by atoms with Gasteiger partial charge in [-0.3, -0.25) is 14.4 Å². The van der Waals surface area contributed by atoms with Crippen LogP contribution in [0.5, 0.6) is 0 Å². The molecule has 0 spiro atoms. The van der Waals surface area contributed by atoms with Gasteiger partial charge in [0.15, 0.2) is 0 Å². The number of aryl methyl sites for hydroxylation is 1. The largest absolute Gasteiger partial charge is 0.350 e. The lowest BCUT2D eigenvalue weighted by Crippen LogP contribution is -2.34. The predicted molar refractivity (Wildman–Crippen MR) is 104 cm³/mol. The van der Waals surface area contributed by atoms with E-state index in [1.807, 2.05) is 31.2 Å². The molecule has 0 aromatic heterocycles. The molecule has 6 nitrogen and oxygen atoms in total.